The summed E-state index contributed by atoms with van der Waals surface area (Å²) in [5.74, 6) is 1.54. The molecule has 4 rings (SSSR count). The molecule has 0 radical (unpaired) electrons. The zero-order valence-corrected chi connectivity index (χ0v) is 16.6. The third-order valence-electron chi connectivity index (χ3n) is 5.55. The molecule has 0 bridgehead atoms. The van der Waals surface area contributed by atoms with Crippen LogP contribution in [0.25, 0.3) is 5.69 Å². The standard InChI is InChI=1S/C21H27N3O5/c1-26-21(25)16-10-17(22)18(11-19(16)29-13-14-2-7-28-12-14)24-6-5-23-20(24)15-3-8-27-9-4-15/h5-6,10-11,14-15H,2-4,7-9,12-13,22H2,1H3. The van der Waals surface area contributed by atoms with E-state index in [0.29, 0.717) is 42.0 Å². The monoisotopic (exact) mass is 401 g/mol. The maximum absolute atomic E-state index is 12.3. The van der Waals surface area contributed by atoms with Gasteiger partial charge in [-0.3, -0.25) is 0 Å². The average molecular weight is 401 g/mol. The van der Waals surface area contributed by atoms with E-state index in [2.05, 4.69) is 4.98 Å². The van der Waals surface area contributed by atoms with Crippen molar-refractivity contribution in [3.8, 4) is 11.4 Å². The third kappa shape index (κ3) is 4.23. The third-order valence-corrected chi connectivity index (χ3v) is 5.55. The Hall–Kier alpha value is -2.58. The minimum atomic E-state index is -0.476. The van der Waals surface area contributed by atoms with Gasteiger partial charge in [0.1, 0.15) is 17.1 Å². The number of nitrogen functional groups attached to an aromatic ring is 1. The van der Waals surface area contributed by atoms with Crippen molar-refractivity contribution in [2.75, 3.05) is 45.9 Å². The number of hydrogen-bond donors (Lipinski definition) is 1. The lowest BCUT2D eigenvalue weighted by molar-refractivity contribution is 0.0595. The highest BCUT2D eigenvalue weighted by atomic mass is 16.5. The van der Waals surface area contributed by atoms with Crippen LogP contribution in [-0.4, -0.2) is 55.7 Å². The summed E-state index contributed by atoms with van der Waals surface area (Å²) in [6.45, 7) is 3.35. The number of ether oxygens (including phenoxy) is 4. The van der Waals surface area contributed by atoms with Crippen molar-refractivity contribution < 1.29 is 23.7 Å². The Kier molecular flexibility index (Phi) is 6.01. The van der Waals surface area contributed by atoms with Gasteiger partial charge in [0, 0.05) is 50.1 Å². The van der Waals surface area contributed by atoms with Gasteiger partial charge in [-0.1, -0.05) is 0 Å². The van der Waals surface area contributed by atoms with E-state index in [9.17, 15) is 4.79 Å². The Labute approximate surface area is 169 Å². The number of hydrogen-bond acceptors (Lipinski definition) is 7. The first-order valence-electron chi connectivity index (χ1n) is 10.0. The number of anilines is 1. The van der Waals surface area contributed by atoms with Gasteiger partial charge < -0.3 is 29.2 Å². The lowest BCUT2D eigenvalue weighted by atomic mass is 9.99. The minimum Gasteiger partial charge on any atom is -0.492 e. The second-order valence-electron chi connectivity index (χ2n) is 7.48. The van der Waals surface area contributed by atoms with Crippen LogP contribution >= 0.6 is 0 Å². The highest BCUT2D eigenvalue weighted by Crippen LogP contribution is 2.33. The summed E-state index contributed by atoms with van der Waals surface area (Å²) in [5.41, 5.74) is 7.86. The molecule has 8 heteroatoms. The number of nitrogens with two attached hydrogens (primary N) is 1. The predicted octanol–water partition coefficient (Wildman–Crippen LogP) is 2.55. The minimum absolute atomic E-state index is 0.304. The molecule has 1 aromatic carbocycles. The van der Waals surface area contributed by atoms with Crippen LogP contribution < -0.4 is 10.5 Å². The van der Waals surface area contributed by atoms with Crippen LogP contribution in [0.4, 0.5) is 5.69 Å². The Morgan fingerprint density at radius 1 is 1.24 bits per heavy atom. The van der Waals surface area contributed by atoms with Gasteiger partial charge in [0.15, 0.2) is 0 Å². The number of esters is 1. The van der Waals surface area contributed by atoms with Crippen LogP contribution in [0.3, 0.4) is 0 Å². The fourth-order valence-electron chi connectivity index (χ4n) is 3.88. The second kappa shape index (κ2) is 8.84. The molecule has 2 saturated heterocycles. The number of nitrogens with zero attached hydrogens (tertiary/aromatic N) is 2. The number of rotatable bonds is 6. The first-order chi connectivity index (χ1) is 14.2. The largest absolute Gasteiger partial charge is 0.492 e. The van der Waals surface area contributed by atoms with Crippen LogP contribution in [0.5, 0.6) is 5.75 Å². The SMILES string of the molecule is COC(=O)c1cc(N)c(-n2ccnc2C2CCOCC2)cc1OCC1CCOC1. The molecule has 2 aliphatic rings. The molecule has 0 amide bonds. The molecule has 0 saturated carbocycles. The molecule has 1 unspecified atom stereocenters. The predicted molar refractivity (Wildman–Crippen MR) is 107 cm³/mol. The molecule has 2 N–H and O–H groups in total. The highest BCUT2D eigenvalue weighted by molar-refractivity contribution is 5.94. The van der Waals surface area contributed by atoms with Gasteiger partial charge in [-0.25, -0.2) is 9.78 Å². The number of aromatic nitrogens is 2. The van der Waals surface area contributed by atoms with Crippen molar-refractivity contribution in [1.82, 2.24) is 9.55 Å². The van der Waals surface area contributed by atoms with Crippen molar-refractivity contribution >= 4 is 11.7 Å². The zero-order chi connectivity index (χ0) is 20.2. The van der Waals surface area contributed by atoms with E-state index in [1.165, 1.54) is 7.11 Å². The number of imidazole rings is 1. The molecule has 29 heavy (non-hydrogen) atoms. The molecular formula is C21H27N3O5. The molecule has 3 heterocycles. The summed E-state index contributed by atoms with van der Waals surface area (Å²) in [4.78, 5) is 16.9. The molecule has 0 aliphatic carbocycles. The highest BCUT2D eigenvalue weighted by Gasteiger charge is 2.24. The van der Waals surface area contributed by atoms with Gasteiger partial charge in [-0.05, 0) is 25.3 Å². The summed E-state index contributed by atoms with van der Waals surface area (Å²) in [6.07, 6.45) is 6.45. The van der Waals surface area contributed by atoms with Crippen LogP contribution in [0.15, 0.2) is 24.5 Å². The Morgan fingerprint density at radius 3 is 2.76 bits per heavy atom. The topological polar surface area (TPSA) is 97.8 Å². The van der Waals surface area contributed by atoms with E-state index in [4.69, 9.17) is 24.7 Å². The molecule has 1 atom stereocenters. The van der Waals surface area contributed by atoms with Crippen LogP contribution in [-0.2, 0) is 14.2 Å². The molecule has 2 fully saturated rings. The van der Waals surface area contributed by atoms with Gasteiger partial charge in [0.2, 0.25) is 0 Å². The molecule has 1 aromatic heterocycles. The van der Waals surface area contributed by atoms with E-state index in [0.717, 1.165) is 50.6 Å². The lowest BCUT2D eigenvalue weighted by Crippen LogP contribution is -2.18. The van der Waals surface area contributed by atoms with Gasteiger partial charge >= 0.3 is 5.97 Å². The first kappa shape index (κ1) is 19.7. The number of carbonyl (C=O) groups is 1. The van der Waals surface area contributed by atoms with Crippen LogP contribution in [0.2, 0.25) is 0 Å². The maximum Gasteiger partial charge on any atom is 0.341 e. The van der Waals surface area contributed by atoms with Crippen molar-refractivity contribution in [1.29, 1.82) is 0 Å². The van der Waals surface area contributed by atoms with Crippen LogP contribution in [0, 0.1) is 5.92 Å². The van der Waals surface area contributed by atoms with Gasteiger partial charge in [0.05, 0.1) is 31.7 Å². The van der Waals surface area contributed by atoms with E-state index in [1.807, 2.05) is 16.8 Å². The fraction of sp³-hybridized carbons (Fsp3) is 0.524. The summed E-state index contributed by atoms with van der Waals surface area (Å²) >= 11 is 0. The fourth-order valence-corrected chi connectivity index (χ4v) is 3.88. The van der Waals surface area contributed by atoms with E-state index in [-0.39, 0.29) is 0 Å². The van der Waals surface area contributed by atoms with E-state index >= 15 is 0 Å². The summed E-state index contributed by atoms with van der Waals surface area (Å²) < 4.78 is 23.8. The van der Waals surface area contributed by atoms with Gasteiger partial charge in [-0.2, -0.15) is 0 Å². The maximum atomic E-state index is 12.3. The van der Waals surface area contributed by atoms with Gasteiger partial charge in [-0.15, -0.1) is 0 Å². The summed E-state index contributed by atoms with van der Waals surface area (Å²) in [7, 11) is 1.35. The molecular weight excluding hydrogens is 374 g/mol. The molecule has 0 spiro atoms. The van der Waals surface area contributed by atoms with Crippen molar-refractivity contribution in [3.05, 3.63) is 35.9 Å². The zero-order valence-electron chi connectivity index (χ0n) is 16.6. The van der Waals surface area contributed by atoms with Crippen molar-refractivity contribution in [3.63, 3.8) is 0 Å². The Bertz CT molecular complexity index is 854. The van der Waals surface area contributed by atoms with Gasteiger partial charge in [0.25, 0.3) is 0 Å². The Balaban J connectivity index is 1.67. The average Bonchev–Trinajstić information content (AvgIpc) is 3.44. The Morgan fingerprint density at radius 2 is 2.03 bits per heavy atom. The number of carbonyl (C=O) groups excluding carboxylic acids is 1. The lowest BCUT2D eigenvalue weighted by Gasteiger charge is -2.23. The van der Waals surface area contributed by atoms with E-state index < -0.39 is 5.97 Å². The summed E-state index contributed by atoms with van der Waals surface area (Å²) in [5, 5.41) is 0. The quantitative estimate of drug-likeness (QED) is 0.587. The normalized spacial score (nSPS) is 20.0. The first-order valence-corrected chi connectivity index (χ1v) is 10.0. The number of methoxy groups -OCH3 is 1. The molecule has 156 valence electrons. The number of benzene rings is 1. The van der Waals surface area contributed by atoms with Crippen molar-refractivity contribution in [2.24, 2.45) is 5.92 Å². The smallest absolute Gasteiger partial charge is 0.341 e. The molecule has 2 aliphatic heterocycles. The van der Waals surface area contributed by atoms with E-state index in [1.54, 1.807) is 12.3 Å². The summed E-state index contributed by atoms with van der Waals surface area (Å²) in [6, 6.07) is 3.43. The second-order valence-corrected chi connectivity index (χ2v) is 7.48. The molecule has 2 aromatic rings. The van der Waals surface area contributed by atoms with Crippen molar-refractivity contribution in [2.45, 2.75) is 25.2 Å². The van der Waals surface area contributed by atoms with Crippen LogP contribution in [0.1, 0.15) is 41.4 Å². The molecule has 8 nitrogen and oxygen atoms in total.